The van der Waals surface area contributed by atoms with Crippen LogP contribution in [-0.4, -0.2) is 23.1 Å². The Kier molecular flexibility index (Phi) is 8.33. The molecule has 13 heteroatoms. The van der Waals surface area contributed by atoms with Gasteiger partial charge in [0, 0.05) is 6.20 Å². The third-order valence-electron chi connectivity index (χ3n) is 3.82. The van der Waals surface area contributed by atoms with E-state index in [-0.39, 0.29) is 30.8 Å². The number of hydrogen-bond donors (Lipinski definition) is 0. The molecule has 0 saturated carbocycles. The Morgan fingerprint density at radius 2 is 1.69 bits per heavy atom. The first-order valence-corrected chi connectivity index (χ1v) is 14.2. The molecule has 1 aromatic carbocycles. The fraction of sp³-hybridized carbons (Fsp3) is 0.312. The van der Waals surface area contributed by atoms with Crippen LogP contribution in [0.1, 0.15) is 21.4 Å². The molecule has 0 spiro atoms. The van der Waals surface area contributed by atoms with Crippen LogP contribution < -0.4 is 0 Å². The van der Waals surface area contributed by atoms with Gasteiger partial charge >= 0.3 is 6.18 Å². The molecular formula is C16H12Cl4F4N2S3. The summed E-state index contributed by atoms with van der Waals surface area (Å²) >= 11 is 15.0. The first-order chi connectivity index (χ1) is 13.4. The summed E-state index contributed by atoms with van der Waals surface area (Å²) in [5.74, 6) is 0. The largest absolute Gasteiger partial charge is 0.416 e. The fourth-order valence-corrected chi connectivity index (χ4v) is 6.47. The van der Waals surface area contributed by atoms with E-state index in [0.717, 1.165) is 12.1 Å². The standard InChI is InChI=1S/C16H12Cl4F4N2S3/c1-27-15(28-2)13-9(5-25)12(29(19,20)7-21)6-26(13)14-10(17)3-8(4-11(14)18)16(22,23)24/h3-4,6,15H,7H2,1-2H3. The summed E-state index contributed by atoms with van der Waals surface area (Å²) in [6.45, 7) is 0. The van der Waals surface area contributed by atoms with E-state index < -0.39 is 26.2 Å². The van der Waals surface area contributed by atoms with Gasteiger partial charge in [0.25, 0.3) is 0 Å². The summed E-state index contributed by atoms with van der Waals surface area (Å²) in [4.78, 5) is 0.0564. The molecule has 0 aliphatic heterocycles. The molecule has 0 saturated heterocycles. The van der Waals surface area contributed by atoms with E-state index >= 15 is 0 Å². The van der Waals surface area contributed by atoms with Crippen LogP contribution in [-0.2, 0) is 6.18 Å². The molecule has 2 rings (SSSR count). The Morgan fingerprint density at radius 3 is 2.07 bits per heavy atom. The highest BCUT2D eigenvalue weighted by Crippen LogP contribution is 2.67. The van der Waals surface area contributed by atoms with E-state index in [9.17, 15) is 22.8 Å². The SMILES string of the molecule is CSC(SC)c1c(C#N)c(S(Cl)(Cl)CF)cn1-c1c(Cl)cc(C(F)(F)F)cc1Cl. The maximum atomic E-state index is 13.5. The second-order valence-electron chi connectivity index (χ2n) is 5.51. The van der Waals surface area contributed by atoms with Crippen LogP contribution in [0, 0.1) is 11.3 Å². The van der Waals surface area contributed by atoms with Crippen LogP contribution in [0.3, 0.4) is 0 Å². The van der Waals surface area contributed by atoms with Crippen molar-refractivity contribution in [2.45, 2.75) is 15.7 Å². The summed E-state index contributed by atoms with van der Waals surface area (Å²) in [5, 5.41) is 9.15. The lowest BCUT2D eigenvalue weighted by Crippen LogP contribution is -2.08. The van der Waals surface area contributed by atoms with Gasteiger partial charge in [0.1, 0.15) is 12.1 Å². The highest BCUT2D eigenvalue weighted by atomic mass is 36.0. The average Bonchev–Trinajstić information content (AvgIpc) is 3.01. The van der Waals surface area contributed by atoms with Crippen molar-refractivity contribution in [1.82, 2.24) is 4.57 Å². The van der Waals surface area contributed by atoms with Crippen molar-refractivity contribution >= 4 is 76.5 Å². The van der Waals surface area contributed by atoms with Crippen LogP contribution in [0.25, 0.3) is 5.69 Å². The van der Waals surface area contributed by atoms with Gasteiger partial charge in [-0.3, -0.25) is 0 Å². The van der Waals surface area contributed by atoms with E-state index in [4.69, 9.17) is 44.6 Å². The molecule has 2 nitrogen and oxygen atoms in total. The van der Waals surface area contributed by atoms with Gasteiger partial charge in [-0.15, -0.1) is 23.5 Å². The molecular weight excluding hydrogens is 534 g/mol. The number of hydrogen-bond acceptors (Lipinski definition) is 3. The maximum absolute atomic E-state index is 13.5. The molecule has 0 N–H and O–H groups in total. The molecule has 0 atom stereocenters. The smallest absolute Gasteiger partial charge is 0.314 e. The molecule has 0 bridgehead atoms. The summed E-state index contributed by atoms with van der Waals surface area (Å²) in [6.07, 6.45) is 0.246. The van der Waals surface area contributed by atoms with E-state index in [1.165, 1.54) is 34.3 Å². The fourth-order valence-electron chi connectivity index (χ4n) is 2.59. The molecule has 1 aromatic heterocycles. The normalized spacial score (nSPS) is 13.0. The molecule has 0 aliphatic rings. The zero-order valence-electron chi connectivity index (χ0n) is 14.7. The van der Waals surface area contributed by atoms with E-state index in [1.54, 1.807) is 12.5 Å². The zero-order chi connectivity index (χ0) is 22.1. The number of nitrogens with zero attached hydrogens (tertiary/aromatic N) is 2. The lowest BCUT2D eigenvalue weighted by atomic mass is 10.2. The van der Waals surface area contributed by atoms with Gasteiger partial charge in [-0.05, 0) is 54.5 Å². The zero-order valence-corrected chi connectivity index (χ0v) is 20.1. The van der Waals surface area contributed by atoms with Crippen molar-refractivity contribution in [2.24, 2.45) is 0 Å². The van der Waals surface area contributed by atoms with Crippen molar-refractivity contribution in [1.29, 1.82) is 5.26 Å². The molecule has 0 amide bonds. The van der Waals surface area contributed by atoms with Gasteiger partial charge in [0.2, 0.25) is 0 Å². The number of nitriles is 1. The number of benzene rings is 1. The van der Waals surface area contributed by atoms with Crippen molar-refractivity contribution in [2.75, 3.05) is 18.5 Å². The summed E-state index contributed by atoms with van der Waals surface area (Å²) in [7, 11) is 9.27. The maximum Gasteiger partial charge on any atom is 0.416 e. The van der Waals surface area contributed by atoms with Gasteiger partial charge in [0.05, 0.1) is 42.0 Å². The lowest BCUT2D eigenvalue weighted by Gasteiger charge is -2.20. The molecule has 29 heavy (non-hydrogen) atoms. The Bertz CT molecular complexity index is 930. The lowest BCUT2D eigenvalue weighted by molar-refractivity contribution is -0.137. The number of thioether (sulfide) groups is 2. The Labute approximate surface area is 194 Å². The minimum Gasteiger partial charge on any atom is -0.314 e. The van der Waals surface area contributed by atoms with Gasteiger partial charge in [-0.1, -0.05) is 23.2 Å². The summed E-state index contributed by atoms with van der Waals surface area (Å²) in [5.41, 5.74) is -0.592. The minimum absolute atomic E-state index is 0.0228. The van der Waals surface area contributed by atoms with Gasteiger partial charge in [-0.25, -0.2) is 4.39 Å². The minimum atomic E-state index is -4.64. The highest BCUT2D eigenvalue weighted by molar-refractivity contribution is 8.65. The van der Waals surface area contributed by atoms with Crippen LogP contribution >= 0.6 is 76.5 Å². The molecule has 0 aliphatic carbocycles. The van der Waals surface area contributed by atoms with Crippen molar-refractivity contribution in [3.05, 3.63) is 45.2 Å². The van der Waals surface area contributed by atoms with Gasteiger partial charge < -0.3 is 4.57 Å². The second-order valence-corrected chi connectivity index (χ2v) is 14.0. The number of halogens is 8. The van der Waals surface area contributed by atoms with E-state index in [0.29, 0.717) is 5.69 Å². The predicted octanol–water partition coefficient (Wildman–Crippen LogP) is 8.80. The molecule has 1 heterocycles. The summed E-state index contributed by atoms with van der Waals surface area (Å²) < 4.78 is 53.7. The number of alkyl halides is 4. The Morgan fingerprint density at radius 1 is 1.17 bits per heavy atom. The topological polar surface area (TPSA) is 28.7 Å². The monoisotopic (exact) mass is 544 g/mol. The third-order valence-corrected chi connectivity index (χ3v) is 9.57. The molecule has 2 aromatic rings. The predicted molar refractivity (Wildman–Crippen MR) is 119 cm³/mol. The first kappa shape index (κ1) is 25.2. The molecule has 160 valence electrons. The quantitative estimate of drug-likeness (QED) is 0.268. The van der Waals surface area contributed by atoms with Crippen molar-refractivity contribution < 1.29 is 17.6 Å². The van der Waals surface area contributed by atoms with Gasteiger partial charge in [-0.2, -0.15) is 18.4 Å². The summed E-state index contributed by atoms with van der Waals surface area (Å²) in [6, 6.07) is 2.36. The number of aromatic nitrogens is 1. The Balaban J connectivity index is 2.91. The highest BCUT2D eigenvalue weighted by Gasteiger charge is 2.35. The molecule has 0 radical (unpaired) electrons. The van der Waals surface area contributed by atoms with Crippen LogP contribution in [0.2, 0.25) is 10.0 Å². The molecule has 0 fully saturated rings. The van der Waals surface area contributed by atoms with Crippen molar-refractivity contribution in [3.63, 3.8) is 0 Å². The third kappa shape index (κ3) is 5.05. The van der Waals surface area contributed by atoms with Crippen molar-refractivity contribution in [3.8, 4) is 11.8 Å². The average molecular weight is 546 g/mol. The van der Waals surface area contributed by atoms with E-state index in [2.05, 4.69) is 0 Å². The Hall–Kier alpha value is -0.0800. The van der Waals surface area contributed by atoms with E-state index in [1.807, 2.05) is 6.07 Å². The van der Waals surface area contributed by atoms with Crippen LogP contribution in [0.5, 0.6) is 0 Å². The first-order valence-electron chi connectivity index (χ1n) is 7.46. The second kappa shape index (κ2) is 9.60. The molecule has 0 unspecified atom stereocenters. The van der Waals surface area contributed by atoms with Crippen LogP contribution in [0.4, 0.5) is 17.6 Å². The van der Waals surface area contributed by atoms with Crippen LogP contribution in [0.15, 0.2) is 23.2 Å². The number of rotatable bonds is 6. The van der Waals surface area contributed by atoms with Gasteiger partial charge in [0.15, 0.2) is 0 Å².